The van der Waals surface area contributed by atoms with Gasteiger partial charge in [0.05, 0.1) is 17.6 Å². The number of hydrogen-bond donors (Lipinski definition) is 1. The van der Waals surface area contributed by atoms with E-state index in [4.69, 9.17) is 4.74 Å². The summed E-state index contributed by atoms with van der Waals surface area (Å²) in [6, 6.07) is 13.0. The molecule has 156 valence electrons. The Kier molecular flexibility index (Phi) is 6.43. The van der Waals surface area contributed by atoms with Crippen LogP contribution in [0.5, 0.6) is 11.6 Å². The lowest BCUT2D eigenvalue weighted by atomic mass is 10.1. The summed E-state index contributed by atoms with van der Waals surface area (Å²) in [7, 11) is -2.66. The van der Waals surface area contributed by atoms with E-state index in [9.17, 15) is 17.6 Å². The molecule has 0 fully saturated rings. The van der Waals surface area contributed by atoms with Crippen LogP contribution in [0.2, 0.25) is 0 Å². The number of nitrogens with zero attached hydrogens (tertiary/aromatic N) is 1. The van der Waals surface area contributed by atoms with Gasteiger partial charge in [0.15, 0.2) is 0 Å². The van der Waals surface area contributed by atoms with Crippen molar-refractivity contribution in [1.29, 1.82) is 0 Å². The highest BCUT2D eigenvalue weighted by molar-refractivity contribution is 7.89. The Balaban J connectivity index is 1.75. The predicted molar refractivity (Wildman–Crippen MR) is 107 cm³/mol. The van der Waals surface area contributed by atoms with Crippen molar-refractivity contribution in [3.63, 3.8) is 0 Å². The first kappa shape index (κ1) is 21.4. The lowest BCUT2D eigenvalue weighted by Crippen LogP contribution is -2.24. The van der Waals surface area contributed by atoms with Gasteiger partial charge in [-0.3, -0.25) is 0 Å². The summed E-state index contributed by atoms with van der Waals surface area (Å²) in [5.41, 5.74) is 1.24. The van der Waals surface area contributed by atoms with E-state index in [1.807, 2.05) is 0 Å². The van der Waals surface area contributed by atoms with Crippen molar-refractivity contribution in [1.82, 2.24) is 9.71 Å². The predicted octanol–water partition coefficient (Wildman–Crippen LogP) is 3.59. The Morgan fingerprint density at radius 1 is 1.10 bits per heavy atom. The number of rotatable bonds is 7. The van der Waals surface area contributed by atoms with Gasteiger partial charge in [0, 0.05) is 18.8 Å². The minimum atomic E-state index is -3.89. The van der Waals surface area contributed by atoms with Gasteiger partial charge >= 0.3 is 5.97 Å². The normalized spacial score (nSPS) is 11.2. The molecular formula is C21H19FN2O5S. The molecule has 0 aliphatic heterocycles. The number of pyridine rings is 1. The van der Waals surface area contributed by atoms with Crippen LogP contribution < -0.4 is 9.46 Å². The zero-order chi connectivity index (χ0) is 21.7. The highest BCUT2D eigenvalue weighted by Gasteiger charge is 2.19. The van der Waals surface area contributed by atoms with Gasteiger partial charge in [0.2, 0.25) is 15.9 Å². The summed E-state index contributed by atoms with van der Waals surface area (Å²) in [4.78, 5) is 15.8. The fourth-order valence-corrected chi connectivity index (χ4v) is 3.92. The molecule has 3 rings (SSSR count). The van der Waals surface area contributed by atoms with E-state index >= 15 is 0 Å². The number of aryl methyl sites for hydroxylation is 1. The van der Waals surface area contributed by atoms with Crippen molar-refractivity contribution in [2.24, 2.45) is 0 Å². The van der Waals surface area contributed by atoms with Crippen molar-refractivity contribution in [2.45, 2.75) is 18.4 Å². The Bertz CT molecular complexity index is 1160. The first-order valence-corrected chi connectivity index (χ1v) is 10.3. The van der Waals surface area contributed by atoms with E-state index in [-0.39, 0.29) is 28.7 Å². The van der Waals surface area contributed by atoms with Crippen LogP contribution in [0.15, 0.2) is 65.7 Å². The maximum Gasteiger partial charge on any atom is 0.337 e. The number of carbonyl (C=O) groups is 1. The molecule has 0 aliphatic carbocycles. The highest BCUT2D eigenvalue weighted by atomic mass is 32.2. The number of carbonyl (C=O) groups excluding carboxylic acids is 1. The molecule has 0 saturated carbocycles. The van der Waals surface area contributed by atoms with Crippen molar-refractivity contribution in [3.8, 4) is 11.6 Å². The zero-order valence-electron chi connectivity index (χ0n) is 16.3. The lowest BCUT2D eigenvalue weighted by molar-refractivity contribution is 0.0600. The smallest absolute Gasteiger partial charge is 0.337 e. The molecule has 0 aliphatic rings. The third-order valence-electron chi connectivity index (χ3n) is 4.20. The van der Waals surface area contributed by atoms with Crippen LogP contribution in [0.4, 0.5) is 4.39 Å². The number of benzene rings is 2. The van der Waals surface area contributed by atoms with Crippen LogP contribution in [-0.4, -0.2) is 26.5 Å². The van der Waals surface area contributed by atoms with Gasteiger partial charge in [-0.15, -0.1) is 0 Å². The third-order valence-corrected chi connectivity index (χ3v) is 5.74. The number of methoxy groups -OCH3 is 1. The molecule has 0 saturated heterocycles. The minimum Gasteiger partial charge on any atom is -0.465 e. The summed E-state index contributed by atoms with van der Waals surface area (Å²) in [6.07, 6.45) is 1.48. The van der Waals surface area contributed by atoms with Crippen LogP contribution in [0, 0.1) is 12.7 Å². The van der Waals surface area contributed by atoms with Gasteiger partial charge in [0.25, 0.3) is 0 Å². The van der Waals surface area contributed by atoms with Gasteiger partial charge in [-0.25, -0.2) is 27.3 Å². The molecule has 1 N–H and O–H groups in total. The molecule has 7 nitrogen and oxygen atoms in total. The van der Waals surface area contributed by atoms with Crippen molar-refractivity contribution < 1.29 is 27.1 Å². The topological polar surface area (TPSA) is 94.6 Å². The molecule has 0 amide bonds. The second-order valence-corrected chi connectivity index (χ2v) is 8.09. The summed E-state index contributed by atoms with van der Waals surface area (Å²) in [5.74, 6) is -0.368. The number of aromatic nitrogens is 1. The minimum absolute atomic E-state index is 0.0118. The Morgan fingerprint density at radius 2 is 1.83 bits per heavy atom. The molecule has 0 radical (unpaired) electrons. The van der Waals surface area contributed by atoms with E-state index in [1.54, 1.807) is 25.1 Å². The number of esters is 1. The molecule has 0 unspecified atom stereocenters. The molecule has 0 atom stereocenters. The summed E-state index contributed by atoms with van der Waals surface area (Å²) >= 11 is 0. The molecule has 30 heavy (non-hydrogen) atoms. The van der Waals surface area contributed by atoms with Crippen LogP contribution in [-0.2, 0) is 21.3 Å². The SMILES string of the molecule is COC(=O)c1ccc(C)c(S(=O)(=O)NCc2ccnc(Oc3ccc(F)cc3)c2)c1. The number of ether oxygens (including phenoxy) is 2. The molecular weight excluding hydrogens is 411 g/mol. The largest absolute Gasteiger partial charge is 0.465 e. The van der Waals surface area contributed by atoms with E-state index in [0.29, 0.717) is 16.9 Å². The summed E-state index contributed by atoms with van der Waals surface area (Å²) in [5, 5.41) is 0. The quantitative estimate of drug-likeness (QED) is 0.576. The maximum atomic E-state index is 13.0. The van der Waals surface area contributed by atoms with Crippen LogP contribution in [0.3, 0.4) is 0 Å². The number of sulfonamides is 1. The van der Waals surface area contributed by atoms with E-state index in [0.717, 1.165) is 0 Å². The number of halogens is 1. The van der Waals surface area contributed by atoms with Gasteiger partial charge in [-0.05, 0) is 60.5 Å². The maximum absolute atomic E-state index is 13.0. The van der Waals surface area contributed by atoms with Gasteiger partial charge in [0.1, 0.15) is 11.6 Å². The Labute approximate surface area is 173 Å². The average Bonchev–Trinajstić information content (AvgIpc) is 2.74. The molecule has 1 heterocycles. The zero-order valence-corrected chi connectivity index (χ0v) is 17.1. The first-order chi connectivity index (χ1) is 14.3. The molecule has 0 bridgehead atoms. The Hall–Kier alpha value is -3.30. The van der Waals surface area contributed by atoms with Crippen LogP contribution in [0.1, 0.15) is 21.5 Å². The molecule has 1 aromatic heterocycles. The van der Waals surface area contributed by atoms with Gasteiger partial charge in [-0.2, -0.15) is 0 Å². The Morgan fingerprint density at radius 3 is 2.53 bits per heavy atom. The second-order valence-electron chi connectivity index (χ2n) is 6.35. The molecule has 9 heteroatoms. The number of hydrogen-bond acceptors (Lipinski definition) is 6. The van der Waals surface area contributed by atoms with E-state index in [2.05, 4.69) is 14.4 Å². The summed E-state index contributed by atoms with van der Waals surface area (Å²) < 4.78 is 51.2. The molecule has 3 aromatic rings. The van der Waals surface area contributed by atoms with Gasteiger partial charge < -0.3 is 9.47 Å². The lowest BCUT2D eigenvalue weighted by Gasteiger charge is -2.11. The van der Waals surface area contributed by atoms with Crippen molar-refractivity contribution in [2.75, 3.05) is 7.11 Å². The fraction of sp³-hybridized carbons (Fsp3) is 0.143. The van der Waals surface area contributed by atoms with Crippen LogP contribution in [0.25, 0.3) is 0 Å². The number of nitrogens with one attached hydrogen (secondary N) is 1. The van der Waals surface area contributed by atoms with E-state index in [1.165, 1.54) is 49.7 Å². The molecule has 0 spiro atoms. The van der Waals surface area contributed by atoms with Crippen molar-refractivity contribution >= 4 is 16.0 Å². The van der Waals surface area contributed by atoms with Crippen molar-refractivity contribution in [3.05, 3.63) is 83.3 Å². The molecule has 2 aromatic carbocycles. The van der Waals surface area contributed by atoms with E-state index < -0.39 is 16.0 Å². The van der Waals surface area contributed by atoms with Crippen LogP contribution >= 0.6 is 0 Å². The second kappa shape index (κ2) is 9.02. The third kappa shape index (κ3) is 5.19. The standard InChI is InChI=1S/C21H19FN2O5S/c1-14-3-4-16(21(25)28-2)12-19(14)30(26,27)24-13-15-9-10-23-20(11-15)29-18-7-5-17(22)6-8-18/h3-12,24H,13H2,1-2H3. The monoisotopic (exact) mass is 430 g/mol. The van der Waals surface area contributed by atoms with Gasteiger partial charge in [-0.1, -0.05) is 6.07 Å². The average molecular weight is 430 g/mol. The first-order valence-electron chi connectivity index (χ1n) is 8.85. The highest BCUT2D eigenvalue weighted by Crippen LogP contribution is 2.21. The fourth-order valence-electron chi connectivity index (χ4n) is 2.63. The summed E-state index contributed by atoms with van der Waals surface area (Å²) in [6.45, 7) is 1.61.